The lowest BCUT2D eigenvalue weighted by Crippen LogP contribution is -2.33. The molecule has 0 unspecified atom stereocenters. The highest BCUT2D eigenvalue weighted by Crippen LogP contribution is 2.36. The van der Waals surface area contributed by atoms with E-state index in [1.807, 2.05) is 49.2 Å². The molecule has 0 bridgehead atoms. The highest BCUT2D eigenvalue weighted by molar-refractivity contribution is 6.05. The van der Waals surface area contributed by atoms with Crippen molar-refractivity contribution in [2.75, 3.05) is 51.6 Å². The molecule has 8 heteroatoms. The summed E-state index contributed by atoms with van der Waals surface area (Å²) in [5.41, 5.74) is 2.45. The lowest BCUT2D eigenvalue weighted by atomic mass is 10.2. The second-order valence-corrected chi connectivity index (χ2v) is 7.97. The smallest absolute Gasteiger partial charge is 0.255 e. The number of aryl methyl sites for hydroxylation is 1. The van der Waals surface area contributed by atoms with Crippen molar-refractivity contribution in [1.29, 1.82) is 0 Å². The molecule has 3 rings (SSSR count). The van der Waals surface area contributed by atoms with Crippen LogP contribution in [0.25, 0.3) is 0 Å². The first kappa shape index (κ1) is 25.6. The Hall–Kier alpha value is -4.04. The zero-order valence-corrected chi connectivity index (χ0v) is 20.5. The summed E-state index contributed by atoms with van der Waals surface area (Å²) in [7, 11) is 4.84. The van der Waals surface area contributed by atoms with E-state index in [1.54, 1.807) is 36.4 Å². The van der Waals surface area contributed by atoms with Crippen LogP contribution in [0.5, 0.6) is 17.2 Å². The minimum Gasteiger partial charge on any atom is -0.494 e. The fourth-order valence-electron chi connectivity index (χ4n) is 3.42. The van der Waals surface area contributed by atoms with Gasteiger partial charge in [-0.1, -0.05) is 36.4 Å². The Morgan fingerprint density at radius 2 is 1.43 bits per heavy atom. The molecule has 2 amide bonds. The summed E-state index contributed by atoms with van der Waals surface area (Å²) >= 11 is 0. The minimum atomic E-state index is -0.280. The SMILES string of the molecule is COc1cc(NC(=O)c2ccccc2)c(OC)cc1NC(=O)CN(C)CCOc1ccccc1C. The number of amides is 2. The van der Waals surface area contributed by atoms with Crippen LogP contribution >= 0.6 is 0 Å². The second-order valence-electron chi connectivity index (χ2n) is 7.97. The zero-order valence-electron chi connectivity index (χ0n) is 20.5. The van der Waals surface area contributed by atoms with Crippen LogP contribution in [0.2, 0.25) is 0 Å². The lowest BCUT2D eigenvalue weighted by Gasteiger charge is -2.19. The summed E-state index contributed by atoms with van der Waals surface area (Å²) < 4.78 is 16.7. The maximum atomic E-state index is 12.7. The number of rotatable bonds is 11. The molecule has 184 valence electrons. The van der Waals surface area contributed by atoms with E-state index in [9.17, 15) is 9.59 Å². The van der Waals surface area contributed by atoms with Gasteiger partial charge in [0, 0.05) is 24.2 Å². The zero-order chi connectivity index (χ0) is 25.2. The lowest BCUT2D eigenvalue weighted by molar-refractivity contribution is -0.117. The molecule has 8 nitrogen and oxygen atoms in total. The van der Waals surface area contributed by atoms with Crippen molar-refractivity contribution in [2.45, 2.75) is 6.92 Å². The van der Waals surface area contributed by atoms with Gasteiger partial charge in [-0.25, -0.2) is 0 Å². The van der Waals surface area contributed by atoms with E-state index < -0.39 is 0 Å². The van der Waals surface area contributed by atoms with Gasteiger partial charge in [-0.2, -0.15) is 0 Å². The first-order valence-corrected chi connectivity index (χ1v) is 11.2. The van der Waals surface area contributed by atoms with Crippen molar-refractivity contribution in [1.82, 2.24) is 4.90 Å². The number of nitrogens with one attached hydrogen (secondary N) is 2. The number of carbonyl (C=O) groups is 2. The third-order valence-corrected chi connectivity index (χ3v) is 5.32. The Balaban J connectivity index is 1.60. The van der Waals surface area contributed by atoms with Crippen LogP contribution < -0.4 is 24.8 Å². The summed E-state index contributed by atoms with van der Waals surface area (Å²) in [4.78, 5) is 27.1. The molecule has 0 aliphatic heterocycles. The van der Waals surface area contributed by atoms with Gasteiger partial charge in [0.25, 0.3) is 5.91 Å². The van der Waals surface area contributed by atoms with Crippen LogP contribution in [0.4, 0.5) is 11.4 Å². The van der Waals surface area contributed by atoms with Crippen molar-refractivity contribution in [3.05, 3.63) is 77.9 Å². The number of para-hydroxylation sites is 1. The molecule has 35 heavy (non-hydrogen) atoms. The topological polar surface area (TPSA) is 89.1 Å². The van der Waals surface area contributed by atoms with E-state index in [0.717, 1.165) is 11.3 Å². The number of likely N-dealkylation sites (N-methyl/N-ethyl adjacent to an activating group) is 1. The number of carbonyl (C=O) groups excluding carboxylic acids is 2. The van der Waals surface area contributed by atoms with Crippen molar-refractivity contribution >= 4 is 23.2 Å². The van der Waals surface area contributed by atoms with Crippen molar-refractivity contribution in [3.8, 4) is 17.2 Å². The monoisotopic (exact) mass is 477 g/mol. The Labute approximate surface area is 205 Å². The Bertz CT molecular complexity index is 1150. The van der Waals surface area contributed by atoms with Crippen molar-refractivity contribution in [3.63, 3.8) is 0 Å². The number of hydrogen-bond donors (Lipinski definition) is 2. The molecule has 0 saturated heterocycles. The van der Waals surface area contributed by atoms with Crippen LogP contribution in [-0.2, 0) is 4.79 Å². The van der Waals surface area contributed by atoms with Crippen LogP contribution in [0, 0.1) is 6.92 Å². The standard InChI is InChI=1S/C27H31N3O5/c1-19-10-8-9-13-23(19)35-15-14-30(2)18-26(31)28-21-16-25(34-4)22(17-24(21)33-3)29-27(32)20-11-6-5-7-12-20/h5-13,16-17H,14-15,18H2,1-4H3,(H,28,31)(H,29,32). The molecule has 0 spiro atoms. The maximum absolute atomic E-state index is 12.7. The van der Waals surface area contributed by atoms with Crippen LogP contribution in [0.3, 0.4) is 0 Å². The summed E-state index contributed by atoms with van der Waals surface area (Å²) in [5, 5.41) is 5.68. The number of hydrogen-bond acceptors (Lipinski definition) is 6. The van der Waals surface area contributed by atoms with Gasteiger partial charge in [0.15, 0.2) is 0 Å². The van der Waals surface area contributed by atoms with Gasteiger partial charge in [0.2, 0.25) is 5.91 Å². The van der Waals surface area contributed by atoms with Gasteiger partial charge in [-0.3, -0.25) is 14.5 Å². The molecule has 0 atom stereocenters. The maximum Gasteiger partial charge on any atom is 0.255 e. The number of methoxy groups -OCH3 is 2. The Kier molecular flexibility index (Phi) is 9.09. The molecule has 3 aromatic rings. The van der Waals surface area contributed by atoms with E-state index in [-0.39, 0.29) is 18.4 Å². The van der Waals surface area contributed by atoms with Gasteiger partial charge in [0.1, 0.15) is 23.9 Å². The fraction of sp³-hybridized carbons (Fsp3) is 0.259. The van der Waals surface area contributed by atoms with Crippen LogP contribution in [0.15, 0.2) is 66.7 Å². The third-order valence-electron chi connectivity index (χ3n) is 5.32. The largest absolute Gasteiger partial charge is 0.494 e. The summed E-state index contributed by atoms with van der Waals surface area (Å²) in [5.74, 6) is 1.13. The van der Waals surface area contributed by atoms with Crippen molar-refractivity contribution < 1.29 is 23.8 Å². The predicted octanol–water partition coefficient (Wildman–Crippen LogP) is 4.21. The van der Waals surface area contributed by atoms with Gasteiger partial charge in [0.05, 0.1) is 32.1 Å². The molecule has 0 aromatic heterocycles. The number of ether oxygens (including phenoxy) is 3. The quantitative estimate of drug-likeness (QED) is 0.430. The molecule has 0 aliphatic rings. The van der Waals surface area contributed by atoms with E-state index in [1.165, 1.54) is 14.2 Å². The third kappa shape index (κ3) is 7.22. The predicted molar refractivity (Wildman–Crippen MR) is 137 cm³/mol. The molecule has 0 saturated carbocycles. The molecule has 2 N–H and O–H groups in total. The Morgan fingerprint density at radius 1 is 0.829 bits per heavy atom. The van der Waals surface area contributed by atoms with Gasteiger partial charge < -0.3 is 24.8 Å². The average Bonchev–Trinajstić information content (AvgIpc) is 2.86. The van der Waals surface area contributed by atoms with E-state index in [2.05, 4.69) is 10.6 Å². The molecule has 3 aromatic carbocycles. The number of nitrogens with zero attached hydrogens (tertiary/aromatic N) is 1. The molecular weight excluding hydrogens is 446 g/mol. The van der Waals surface area contributed by atoms with Crippen LogP contribution in [-0.4, -0.2) is 57.7 Å². The van der Waals surface area contributed by atoms with Crippen LogP contribution in [0.1, 0.15) is 15.9 Å². The molecule has 0 aliphatic carbocycles. The molecule has 0 radical (unpaired) electrons. The molecule has 0 fully saturated rings. The van der Waals surface area contributed by atoms with E-state index in [4.69, 9.17) is 14.2 Å². The highest BCUT2D eigenvalue weighted by Gasteiger charge is 2.17. The summed E-state index contributed by atoms with van der Waals surface area (Å²) in [6.45, 7) is 3.19. The molecular formula is C27H31N3O5. The Morgan fingerprint density at radius 3 is 2.06 bits per heavy atom. The van der Waals surface area contributed by atoms with E-state index >= 15 is 0 Å². The second kappa shape index (κ2) is 12.4. The summed E-state index contributed by atoms with van der Waals surface area (Å²) in [6.07, 6.45) is 0. The van der Waals surface area contributed by atoms with Gasteiger partial charge >= 0.3 is 0 Å². The summed E-state index contributed by atoms with van der Waals surface area (Å²) in [6, 6.07) is 19.9. The minimum absolute atomic E-state index is 0.162. The van der Waals surface area contributed by atoms with Crippen molar-refractivity contribution in [2.24, 2.45) is 0 Å². The number of anilines is 2. The highest BCUT2D eigenvalue weighted by atomic mass is 16.5. The average molecular weight is 478 g/mol. The fourth-order valence-corrected chi connectivity index (χ4v) is 3.42. The normalized spacial score (nSPS) is 10.5. The first-order chi connectivity index (χ1) is 16.9. The molecule has 0 heterocycles. The van der Waals surface area contributed by atoms with Gasteiger partial charge in [-0.05, 0) is 37.7 Å². The van der Waals surface area contributed by atoms with Gasteiger partial charge in [-0.15, -0.1) is 0 Å². The number of benzene rings is 3. The van der Waals surface area contributed by atoms with E-state index in [0.29, 0.717) is 41.6 Å². The first-order valence-electron chi connectivity index (χ1n) is 11.2.